The summed E-state index contributed by atoms with van der Waals surface area (Å²) in [7, 11) is 0. The van der Waals surface area contributed by atoms with Crippen molar-refractivity contribution in [2.75, 3.05) is 6.61 Å². The third kappa shape index (κ3) is 4.81. The number of aromatic nitrogens is 1. The maximum Gasteiger partial charge on any atom is 0.277 e. The molecule has 0 spiro atoms. The number of hydrazone groups is 1. The van der Waals surface area contributed by atoms with Gasteiger partial charge in [-0.3, -0.25) is 4.79 Å². The van der Waals surface area contributed by atoms with Crippen molar-refractivity contribution in [1.82, 2.24) is 9.99 Å². The third-order valence-corrected chi connectivity index (χ3v) is 5.30. The van der Waals surface area contributed by atoms with Crippen molar-refractivity contribution in [3.05, 3.63) is 81.1 Å². The monoisotopic (exact) mass is 429 g/mol. The summed E-state index contributed by atoms with van der Waals surface area (Å²) < 4.78 is 7.51. The normalized spacial score (nSPS) is 11.1. The zero-order valence-corrected chi connectivity index (χ0v) is 17.9. The van der Waals surface area contributed by atoms with Gasteiger partial charge in [-0.2, -0.15) is 5.10 Å². The summed E-state index contributed by atoms with van der Waals surface area (Å²) in [6.45, 7) is 5.73. The number of amides is 1. The standard InChI is InChI=1S/C22H21Cl2N3O2/c1-14-7-4-5-10-20(14)29-13-21(28)26-25-12-17-11-15(2)27(16(17)3)19-9-6-8-18(23)22(19)24/h4-12H,13H2,1-3H3,(H,26,28)/b25-12+. The molecule has 0 saturated carbocycles. The highest BCUT2D eigenvalue weighted by Crippen LogP contribution is 2.31. The molecule has 0 aliphatic carbocycles. The first-order valence-corrected chi connectivity index (χ1v) is 9.77. The molecule has 5 nitrogen and oxygen atoms in total. The van der Waals surface area contributed by atoms with Crippen LogP contribution in [0.5, 0.6) is 5.75 Å². The smallest absolute Gasteiger partial charge is 0.277 e. The van der Waals surface area contributed by atoms with Crippen molar-refractivity contribution >= 4 is 35.3 Å². The van der Waals surface area contributed by atoms with Gasteiger partial charge >= 0.3 is 0 Å². The second-order valence-electron chi connectivity index (χ2n) is 6.58. The molecule has 3 aromatic rings. The predicted molar refractivity (Wildman–Crippen MR) is 118 cm³/mol. The Morgan fingerprint density at radius 2 is 1.90 bits per heavy atom. The molecule has 0 radical (unpaired) electrons. The number of carbonyl (C=O) groups excluding carboxylic acids is 1. The molecule has 150 valence electrons. The van der Waals surface area contributed by atoms with E-state index < -0.39 is 0 Å². The summed E-state index contributed by atoms with van der Waals surface area (Å²) in [5.41, 5.74) is 7.02. The summed E-state index contributed by atoms with van der Waals surface area (Å²) >= 11 is 12.5. The Balaban J connectivity index is 1.68. The number of benzene rings is 2. The van der Waals surface area contributed by atoms with Crippen molar-refractivity contribution in [2.24, 2.45) is 5.10 Å². The Morgan fingerprint density at radius 3 is 2.66 bits per heavy atom. The number of ether oxygens (including phenoxy) is 1. The van der Waals surface area contributed by atoms with Gasteiger partial charge in [-0.25, -0.2) is 5.43 Å². The minimum absolute atomic E-state index is 0.112. The van der Waals surface area contributed by atoms with E-state index in [1.807, 2.05) is 67.8 Å². The highest BCUT2D eigenvalue weighted by molar-refractivity contribution is 6.43. The van der Waals surface area contributed by atoms with Crippen LogP contribution >= 0.6 is 23.2 Å². The minimum atomic E-state index is -0.337. The summed E-state index contributed by atoms with van der Waals surface area (Å²) in [6, 6.07) is 15.0. The van der Waals surface area contributed by atoms with Gasteiger partial charge in [0, 0.05) is 17.0 Å². The van der Waals surface area contributed by atoms with E-state index in [4.69, 9.17) is 27.9 Å². The second kappa shape index (κ2) is 9.16. The number of para-hydroxylation sites is 1. The molecule has 0 atom stereocenters. The Kier molecular flexibility index (Phi) is 6.62. The van der Waals surface area contributed by atoms with E-state index in [1.54, 1.807) is 12.3 Å². The van der Waals surface area contributed by atoms with Gasteiger partial charge in [0.05, 0.1) is 21.9 Å². The lowest BCUT2D eigenvalue weighted by Gasteiger charge is -2.12. The van der Waals surface area contributed by atoms with Crippen LogP contribution in [-0.2, 0) is 4.79 Å². The Morgan fingerprint density at radius 1 is 1.14 bits per heavy atom. The van der Waals surface area contributed by atoms with Crippen molar-refractivity contribution in [2.45, 2.75) is 20.8 Å². The van der Waals surface area contributed by atoms with Gasteiger partial charge in [-0.15, -0.1) is 0 Å². The zero-order chi connectivity index (χ0) is 21.0. The van der Waals surface area contributed by atoms with Gasteiger partial charge in [-0.1, -0.05) is 47.5 Å². The van der Waals surface area contributed by atoms with E-state index >= 15 is 0 Å². The molecule has 0 aliphatic rings. The molecule has 0 fully saturated rings. The van der Waals surface area contributed by atoms with E-state index in [0.717, 1.165) is 28.2 Å². The maximum atomic E-state index is 12.0. The van der Waals surface area contributed by atoms with Crippen LogP contribution in [0.3, 0.4) is 0 Å². The van der Waals surface area contributed by atoms with Crippen molar-refractivity contribution in [3.8, 4) is 11.4 Å². The first kappa shape index (κ1) is 21.0. The van der Waals surface area contributed by atoms with E-state index in [2.05, 4.69) is 10.5 Å². The molecule has 1 aromatic heterocycles. The Hall–Kier alpha value is -2.76. The largest absolute Gasteiger partial charge is 0.483 e. The molecule has 1 N–H and O–H groups in total. The van der Waals surface area contributed by atoms with E-state index in [1.165, 1.54) is 0 Å². The van der Waals surface area contributed by atoms with Gasteiger partial charge in [0.1, 0.15) is 5.75 Å². The fourth-order valence-electron chi connectivity index (χ4n) is 3.02. The molecular weight excluding hydrogens is 409 g/mol. The molecule has 1 heterocycles. The Bertz CT molecular complexity index is 1070. The number of carbonyl (C=O) groups is 1. The summed E-state index contributed by atoms with van der Waals surface area (Å²) in [6.07, 6.45) is 1.60. The molecule has 0 bridgehead atoms. The molecule has 7 heteroatoms. The average molecular weight is 430 g/mol. The average Bonchev–Trinajstić information content (AvgIpc) is 2.97. The topological polar surface area (TPSA) is 55.6 Å². The summed E-state index contributed by atoms with van der Waals surface area (Å²) in [5.74, 6) is 0.338. The first-order valence-electron chi connectivity index (χ1n) is 9.02. The lowest BCUT2D eigenvalue weighted by molar-refractivity contribution is -0.123. The number of hydrogen-bond acceptors (Lipinski definition) is 3. The van der Waals surface area contributed by atoms with Gasteiger partial charge in [0.2, 0.25) is 0 Å². The SMILES string of the molecule is Cc1ccccc1OCC(=O)N/N=C/c1cc(C)n(-c2cccc(Cl)c2Cl)c1C. The number of rotatable bonds is 6. The van der Waals surface area contributed by atoms with Crippen molar-refractivity contribution in [3.63, 3.8) is 0 Å². The van der Waals surface area contributed by atoms with Crippen LogP contribution in [0.4, 0.5) is 0 Å². The van der Waals surface area contributed by atoms with Crippen LogP contribution in [0.2, 0.25) is 10.0 Å². The lowest BCUT2D eigenvalue weighted by Crippen LogP contribution is -2.24. The van der Waals surface area contributed by atoms with Crippen LogP contribution in [0.25, 0.3) is 5.69 Å². The third-order valence-electron chi connectivity index (χ3n) is 4.49. The highest BCUT2D eigenvalue weighted by Gasteiger charge is 2.13. The van der Waals surface area contributed by atoms with Crippen molar-refractivity contribution in [1.29, 1.82) is 0 Å². The van der Waals surface area contributed by atoms with Gasteiger partial charge in [0.15, 0.2) is 6.61 Å². The number of nitrogens with zero attached hydrogens (tertiary/aromatic N) is 2. The van der Waals surface area contributed by atoms with Crippen LogP contribution in [0.15, 0.2) is 53.6 Å². The van der Waals surface area contributed by atoms with Crippen LogP contribution in [-0.4, -0.2) is 23.3 Å². The molecule has 0 aliphatic heterocycles. The van der Waals surface area contributed by atoms with Crippen LogP contribution in [0, 0.1) is 20.8 Å². The fraction of sp³-hybridized carbons (Fsp3) is 0.182. The molecule has 1 amide bonds. The molecular formula is C22H21Cl2N3O2. The highest BCUT2D eigenvalue weighted by atomic mass is 35.5. The lowest BCUT2D eigenvalue weighted by atomic mass is 10.2. The van der Waals surface area contributed by atoms with Crippen LogP contribution < -0.4 is 10.2 Å². The van der Waals surface area contributed by atoms with Crippen molar-refractivity contribution < 1.29 is 9.53 Å². The molecule has 0 saturated heterocycles. The summed E-state index contributed by atoms with van der Waals surface area (Å²) in [4.78, 5) is 12.0. The number of halogens is 2. The zero-order valence-electron chi connectivity index (χ0n) is 16.4. The Labute approximate surface area is 179 Å². The maximum absolute atomic E-state index is 12.0. The number of aryl methyl sites for hydroxylation is 2. The van der Waals surface area contributed by atoms with E-state index in [-0.39, 0.29) is 12.5 Å². The molecule has 3 rings (SSSR count). The molecule has 0 unspecified atom stereocenters. The quantitative estimate of drug-likeness (QED) is 0.430. The van der Waals surface area contributed by atoms with Gasteiger partial charge in [0.25, 0.3) is 5.91 Å². The number of nitrogens with one attached hydrogen (secondary N) is 1. The predicted octanol–water partition coefficient (Wildman–Crippen LogP) is 5.24. The van der Waals surface area contributed by atoms with Crippen LogP contribution in [0.1, 0.15) is 22.5 Å². The summed E-state index contributed by atoms with van der Waals surface area (Å²) in [5, 5.41) is 5.03. The fourth-order valence-corrected chi connectivity index (χ4v) is 3.40. The first-order chi connectivity index (χ1) is 13.9. The molecule has 2 aromatic carbocycles. The molecule has 29 heavy (non-hydrogen) atoms. The second-order valence-corrected chi connectivity index (χ2v) is 7.37. The van der Waals surface area contributed by atoms with Gasteiger partial charge in [-0.05, 0) is 50.6 Å². The number of hydrogen-bond donors (Lipinski definition) is 1. The van der Waals surface area contributed by atoms with E-state index in [9.17, 15) is 4.79 Å². The minimum Gasteiger partial charge on any atom is -0.483 e. The van der Waals surface area contributed by atoms with Gasteiger partial charge < -0.3 is 9.30 Å². The van der Waals surface area contributed by atoms with E-state index in [0.29, 0.717) is 15.8 Å².